The SMILES string of the molecule is CC1CSC(Nc2ccccc2Cl)=N1. The molecule has 1 N–H and O–H groups in total. The van der Waals surface area contributed by atoms with Gasteiger partial charge in [-0.15, -0.1) is 0 Å². The van der Waals surface area contributed by atoms with Gasteiger partial charge in [-0.05, 0) is 19.1 Å². The highest BCUT2D eigenvalue weighted by atomic mass is 35.5. The van der Waals surface area contributed by atoms with Crippen molar-refractivity contribution in [2.24, 2.45) is 4.99 Å². The summed E-state index contributed by atoms with van der Waals surface area (Å²) in [5, 5.41) is 4.92. The highest BCUT2D eigenvalue weighted by molar-refractivity contribution is 8.14. The first-order chi connectivity index (χ1) is 6.75. The Bertz CT molecular complexity index is 365. The fourth-order valence-electron chi connectivity index (χ4n) is 1.22. The van der Waals surface area contributed by atoms with Crippen LogP contribution in [0.3, 0.4) is 0 Å². The summed E-state index contributed by atoms with van der Waals surface area (Å²) < 4.78 is 0. The van der Waals surface area contributed by atoms with Crippen molar-refractivity contribution in [3.63, 3.8) is 0 Å². The molecule has 1 heterocycles. The number of aliphatic imine (C=N–C) groups is 1. The van der Waals surface area contributed by atoms with Crippen LogP contribution in [-0.2, 0) is 0 Å². The second-order valence-electron chi connectivity index (χ2n) is 3.20. The molecule has 2 nitrogen and oxygen atoms in total. The maximum absolute atomic E-state index is 6.01. The van der Waals surface area contributed by atoms with Gasteiger partial charge in [-0.1, -0.05) is 35.5 Å². The molecule has 4 heteroatoms. The molecular weight excluding hydrogens is 216 g/mol. The summed E-state index contributed by atoms with van der Waals surface area (Å²) in [6.45, 7) is 2.11. The van der Waals surface area contributed by atoms with E-state index in [1.165, 1.54) is 0 Å². The number of hydrogen-bond acceptors (Lipinski definition) is 3. The summed E-state index contributed by atoms with van der Waals surface area (Å²) >= 11 is 7.75. The molecule has 0 aromatic heterocycles. The van der Waals surface area contributed by atoms with Crippen LogP contribution in [0.1, 0.15) is 6.92 Å². The van der Waals surface area contributed by atoms with Gasteiger partial charge in [0.1, 0.15) is 0 Å². The molecule has 0 saturated heterocycles. The van der Waals surface area contributed by atoms with Crippen LogP contribution < -0.4 is 5.32 Å². The van der Waals surface area contributed by atoms with Crippen molar-refractivity contribution < 1.29 is 0 Å². The number of nitrogens with zero attached hydrogens (tertiary/aromatic N) is 1. The Kier molecular flexibility index (Phi) is 2.99. The molecule has 0 saturated carbocycles. The summed E-state index contributed by atoms with van der Waals surface area (Å²) in [7, 11) is 0. The molecule has 14 heavy (non-hydrogen) atoms. The Balaban J connectivity index is 2.12. The minimum Gasteiger partial charge on any atom is -0.334 e. The first-order valence-corrected chi connectivity index (χ1v) is 5.84. The van der Waals surface area contributed by atoms with Crippen molar-refractivity contribution >= 4 is 34.2 Å². The minimum absolute atomic E-state index is 0.407. The molecule has 1 atom stereocenters. The second-order valence-corrected chi connectivity index (χ2v) is 4.62. The van der Waals surface area contributed by atoms with Gasteiger partial charge in [0.05, 0.1) is 16.8 Å². The first-order valence-electron chi connectivity index (χ1n) is 4.48. The molecule has 1 aliphatic heterocycles. The van der Waals surface area contributed by atoms with Gasteiger partial charge < -0.3 is 5.32 Å². The van der Waals surface area contributed by atoms with Gasteiger partial charge in [0.25, 0.3) is 0 Å². The Morgan fingerprint density at radius 3 is 2.93 bits per heavy atom. The van der Waals surface area contributed by atoms with E-state index in [2.05, 4.69) is 17.2 Å². The molecular formula is C10H11ClN2S. The van der Waals surface area contributed by atoms with Crippen LogP contribution in [0.5, 0.6) is 0 Å². The van der Waals surface area contributed by atoms with E-state index in [1.807, 2.05) is 24.3 Å². The lowest BCUT2D eigenvalue weighted by Gasteiger charge is -2.05. The molecule has 74 valence electrons. The Labute approximate surface area is 92.8 Å². The van der Waals surface area contributed by atoms with E-state index >= 15 is 0 Å². The quantitative estimate of drug-likeness (QED) is 0.795. The van der Waals surface area contributed by atoms with Crippen molar-refractivity contribution in [2.75, 3.05) is 11.1 Å². The molecule has 1 aliphatic rings. The number of hydrogen-bond donors (Lipinski definition) is 1. The predicted octanol–water partition coefficient (Wildman–Crippen LogP) is 3.24. The maximum atomic E-state index is 6.01. The van der Waals surface area contributed by atoms with Gasteiger partial charge in [0, 0.05) is 5.75 Å². The van der Waals surface area contributed by atoms with Gasteiger partial charge in [0.2, 0.25) is 0 Å². The number of para-hydroxylation sites is 1. The lowest BCUT2D eigenvalue weighted by Crippen LogP contribution is -2.05. The van der Waals surface area contributed by atoms with E-state index in [1.54, 1.807) is 11.8 Å². The Morgan fingerprint density at radius 1 is 1.50 bits per heavy atom. The van der Waals surface area contributed by atoms with Crippen molar-refractivity contribution in [1.29, 1.82) is 0 Å². The average Bonchev–Trinajstić information content (AvgIpc) is 2.56. The number of rotatable bonds is 1. The summed E-state index contributed by atoms with van der Waals surface area (Å²) in [6.07, 6.45) is 0. The van der Waals surface area contributed by atoms with E-state index in [0.29, 0.717) is 6.04 Å². The minimum atomic E-state index is 0.407. The molecule has 0 amide bonds. The molecule has 2 rings (SSSR count). The monoisotopic (exact) mass is 226 g/mol. The van der Waals surface area contributed by atoms with Crippen LogP contribution in [0.4, 0.5) is 5.69 Å². The van der Waals surface area contributed by atoms with Gasteiger partial charge in [-0.3, -0.25) is 4.99 Å². The first kappa shape index (κ1) is 9.87. The number of thioether (sulfide) groups is 1. The van der Waals surface area contributed by atoms with E-state index in [-0.39, 0.29) is 0 Å². The molecule has 0 bridgehead atoms. The second kappa shape index (κ2) is 4.24. The Hall–Kier alpha value is -0.670. The van der Waals surface area contributed by atoms with Crippen molar-refractivity contribution in [2.45, 2.75) is 13.0 Å². The number of nitrogens with one attached hydrogen (secondary N) is 1. The summed E-state index contributed by atoms with van der Waals surface area (Å²) in [5.41, 5.74) is 0.925. The number of halogens is 1. The van der Waals surface area contributed by atoms with Crippen LogP contribution in [0.15, 0.2) is 29.3 Å². The maximum Gasteiger partial charge on any atom is 0.161 e. The Morgan fingerprint density at radius 2 is 2.29 bits per heavy atom. The van der Waals surface area contributed by atoms with Crippen LogP contribution in [0, 0.1) is 0 Å². The highest BCUT2D eigenvalue weighted by Crippen LogP contribution is 2.24. The zero-order valence-electron chi connectivity index (χ0n) is 7.83. The number of benzene rings is 1. The molecule has 1 aromatic carbocycles. The fourth-order valence-corrected chi connectivity index (χ4v) is 2.31. The summed E-state index contributed by atoms with van der Waals surface area (Å²) in [4.78, 5) is 4.43. The van der Waals surface area contributed by atoms with Crippen LogP contribution >= 0.6 is 23.4 Å². The zero-order chi connectivity index (χ0) is 9.97. The van der Waals surface area contributed by atoms with Crippen LogP contribution in [0.2, 0.25) is 5.02 Å². The van der Waals surface area contributed by atoms with Crippen LogP contribution in [0.25, 0.3) is 0 Å². The third kappa shape index (κ3) is 2.22. The van der Waals surface area contributed by atoms with E-state index in [9.17, 15) is 0 Å². The lowest BCUT2D eigenvalue weighted by atomic mass is 10.3. The van der Waals surface area contributed by atoms with Gasteiger partial charge in [0.15, 0.2) is 5.17 Å². The van der Waals surface area contributed by atoms with Gasteiger partial charge >= 0.3 is 0 Å². The van der Waals surface area contributed by atoms with Gasteiger partial charge in [-0.25, -0.2) is 0 Å². The molecule has 0 fully saturated rings. The highest BCUT2D eigenvalue weighted by Gasteiger charge is 2.14. The van der Waals surface area contributed by atoms with E-state index in [0.717, 1.165) is 21.6 Å². The van der Waals surface area contributed by atoms with Crippen LogP contribution in [-0.4, -0.2) is 17.0 Å². The molecule has 1 unspecified atom stereocenters. The zero-order valence-corrected chi connectivity index (χ0v) is 9.40. The summed E-state index contributed by atoms with van der Waals surface area (Å²) in [6, 6.07) is 8.10. The predicted molar refractivity (Wildman–Crippen MR) is 64.4 cm³/mol. The molecule has 1 aromatic rings. The van der Waals surface area contributed by atoms with E-state index in [4.69, 9.17) is 11.6 Å². The third-order valence-electron chi connectivity index (χ3n) is 1.91. The number of anilines is 1. The lowest BCUT2D eigenvalue weighted by molar-refractivity contribution is 0.865. The summed E-state index contributed by atoms with van der Waals surface area (Å²) in [5.74, 6) is 1.05. The average molecular weight is 227 g/mol. The van der Waals surface area contributed by atoms with Crippen molar-refractivity contribution in [3.05, 3.63) is 29.3 Å². The molecule has 0 spiro atoms. The normalized spacial score (nSPS) is 20.7. The molecule has 0 aliphatic carbocycles. The van der Waals surface area contributed by atoms with E-state index < -0.39 is 0 Å². The number of amidine groups is 1. The third-order valence-corrected chi connectivity index (χ3v) is 3.37. The topological polar surface area (TPSA) is 24.4 Å². The molecule has 0 radical (unpaired) electrons. The smallest absolute Gasteiger partial charge is 0.161 e. The fraction of sp³-hybridized carbons (Fsp3) is 0.300. The van der Waals surface area contributed by atoms with Crippen molar-refractivity contribution in [3.8, 4) is 0 Å². The van der Waals surface area contributed by atoms with Gasteiger partial charge in [-0.2, -0.15) is 0 Å². The standard InChI is InChI=1S/C10H11ClN2S/c1-7-6-14-10(12-7)13-9-5-3-2-4-8(9)11/h2-5,7H,6H2,1H3,(H,12,13). The largest absolute Gasteiger partial charge is 0.334 e. The van der Waals surface area contributed by atoms with Crippen molar-refractivity contribution in [1.82, 2.24) is 0 Å².